The van der Waals surface area contributed by atoms with Gasteiger partial charge in [-0.1, -0.05) is 63.7 Å². The molecule has 0 aliphatic heterocycles. The molecule has 0 N–H and O–H groups in total. The van der Waals surface area contributed by atoms with E-state index in [1.807, 2.05) is 6.08 Å². The summed E-state index contributed by atoms with van der Waals surface area (Å²) in [7, 11) is 0. The Morgan fingerprint density at radius 3 is 2.48 bits per heavy atom. The molecule has 1 aromatic rings. The van der Waals surface area contributed by atoms with E-state index in [0.29, 0.717) is 0 Å². The first-order chi connectivity index (χ1) is 10.3. The van der Waals surface area contributed by atoms with E-state index in [4.69, 9.17) is 4.74 Å². The lowest BCUT2D eigenvalue weighted by molar-refractivity contribution is 0.322. The summed E-state index contributed by atoms with van der Waals surface area (Å²) in [6.45, 7) is 8.84. The standard InChI is InChI=1S/C20H32O/c1-4-6-8-9-10-11-12-13-19-15-14-18(3)20(17-19)21-16-7-5-2/h5,14-15,17H,2,4,6-13,16H2,1,3H3. The third-order valence-corrected chi connectivity index (χ3v) is 3.90. The Labute approximate surface area is 131 Å². The number of ether oxygens (including phenoxy) is 1. The van der Waals surface area contributed by atoms with Gasteiger partial charge in [-0.2, -0.15) is 0 Å². The van der Waals surface area contributed by atoms with Gasteiger partial charge < -0.3 is 4.74 Å². The smallest absolute Gasteiger partial charge is 0.122 e. The van der Waals surface area contributed by atoms with Gasteiger partial charge in [0.15, 0.2) is 0 Å². The van der Waals surface area contributed by atoms with Crippen molar-refractivity contribution in [2.45, 2.75) is 71.6 Å². The van der Waals surface area contributed by atoms with Crippen LogP contribution in [0.2, 0.25) is 0 Å². The summed E-state index contributed by atoms with van der Waals surface area (Å²) in [6.07, 6.45) is 13.5. The highest BCUT2D eigenvalue weighted by Crippen LogP contribution is 2.21. The summed E-state index contributed by atoms with van der Waals surface area (Å²) in [6, 6.07) is 6.64. The van der Waals surface area contributed by atoms with Crippen LogP contribution in [0.4, 0.5) is 0 Å². The number of hydrogen-bond acceptors (Lipinski definition) is 1. The number of aryl methyl sites for hydroxylation is 2. The topological polar surface area (TPSA) is 9.23 Å². The Bertz CT molecular complexity index is 395. The average Bonchev–Trinajstić information content (AvgIpc) is 2.49. The van der Waals surface area contributed by atoms with Crippen molar-refractivity contribution in [3.05, 3.63) is 42.0 Å². The second-order valence-electron chi connectivity index (χ2n) is 5.90. The van der Waals surface area contributed by atoms with Crippen molar-refractivity contribution in [1.29, 1.82) is 0 Å². The van der Waals surface area contributed by atoms with Gasteiger partial charge in [0, 0.05) is 0 Å². The summed E-state index contributed by atoms with van der Waals surface area (Å²) >= 11 is 0. The summed E-state index contributed by atoms with van der Waals surface area (Å²) in [4.78, 5) is 0. The van der Waals surface area contributed by atoms with Gasteiger partial charge in [-0.25, -0.2) is 0 Å². The van der Waals surface area contributed by atoms with Crippen molar-refractivity contribution >= 4 is 0 Å². The fourth-order valence-electron chi connectivity index (χ4n) is 2.49. The molecule has 0 bridgehead atoms. The Balaban J connectivity index is 2.28. The molecular formula is C20H32O. The van der Waals surface area contributed by atoms with E-state index in [-0.39, 0.29) is 0 Å². The lowest BCUT2D eigenvalue weighted by Gasteiger charge is -2.10. The van der Waals surface area contributed by atoms with Crippen LogP contribution in [0.1, 0.15) is 69.4 Å². The van der Waals surface area contributed by atoms with Crippen LogP contribution in [-0.4, -0.2) is 6.61 Å². The highest BCUT2D eigenvalue weighted by Gasteiger charge is 2.02. The predicted molar refractivity (Wildman–Crippen MR) is 93.2 cm³/mol. The molecule has 118 valence electrons. The zero-order valence-corrected chi connectivity index (χ0v) is 14.0. The van der Waals surface area contributed by atoms with Crippen LogP contribution < -0.4 is 4.74 Å². The number of rotatable bonds is 12. The average molecular weight is 288 g/mol. The van der Waals surface area contributed by atoms with Crippen molar-refractivity contribution in [2.24, 2.45) is 0 Å². The van der Waals surface area contributed by atoms with E-state index in [1.165, 1.54) is 62.5 Å². The second-order valence-corrected chi connectivity index (χ2v) is 5.90. The van der Waals surface area contributed by atoms with Gasteiger partial charge in [0.2, 0.25) is 0 Å². The van der Waals surface area contributed by atoms with E-state index in [9.17, 15) is 0 Å². The van der Waals surface area contributed by atoms with Gasteiger partial charge in [-0.3, -0.25) is 0 Å². The van der Waals surface area contributed by atoms with E-state index >= 15 is 0 Å². The predicted octanol–water partition coefficient (Wildman–Crippen LogP) is 6.24. The molecule has 0 saturated heterocycles. The third kappa shape index (κ3) is 7.94. The first-order valence-electron chi connectivity index (χ1n) is 8.61. The molecule has 0 unspecified atom stereocenters. The maximum Gasteiger partial charge on any atom is 0.122 e. The van der Waals surface area contributed by atoms with Gasteiger partial charge >= 0.3 is 0 Å². The molecular weight excluding hydrogens is 256 g/mol. The van der Waals surface area contributed by atoms with Gasteiger partial charge in [-0.05, 0) is 43.4 Å². The van der Waals surface area contributed by atoms with Gasteiger partial charge in [-0.15, -0.1) is 6.58 Å². The zero-order valence-electron chi connectivity index (χ0n) is 14.0. The fraction of sp³-hybridized carbons (Fsp3) is 0.600. The molecule has 0 aromatic heterocycles. The first-order valence-corrected chi connectivity index (χ1v) is 8.61. The minimum Gasteiger partial charge on any atom is -0.493 e. The Kier molecular flexibility index (Phi) is 9.69. The maximum atomic E-state index is 5.82. The molecule has 0 amide bonds. The number of hydrogen-bond donors (Lipinski definition) is 0. The van der Waals surface area contributed by atoms with Gasteiger partial charge in [0.05, 0.1) is 6.61 Å². The van der Waals surface area contributed by atoms with Crippen molar-refractivity contribution in [3.8, 4) is 5.75 Å². The number of benzene rings is 1. The van der Waals surface area contributed by atoms with Crippen molar-refractivity contribution in [3.63, 3.8) is 0 Å². The first kappa shape index (κ1) is 17.8. The molecule has 0 fully saturated rings. The van der Waals surface area contributed by atoms with Crippen molar-refractivity contribution in [2.75, 3.05) is 6.61 Å². The van der Waals surface area contributed by atoms with Crippen molar-refractivity contribution < 1.29 is 4.74 Å². The molecule has 1 rings (SSSR count). The Hall–Kier alpha value is -1.24. The van der Waals surface area contributed by atoms with Crippen LogP contribution in [0, 0.1) is 6.92 Å². The molecule has 0 aliphatic carbocycles. The van der Waals surface area contributed by atoms with Crippen molar-refractivity contribution in [1.82, 2.24) is 0 Å². The summed E-state index contributed by atoms with van der Waals surface area (Å²) < 4.78 is 5.82. The van der Waals surface area contributed by atoms with Crippen LogP contribution in [-0.2, 0) is 6.42 Å². The quantitative estimate of drug-likeness (QED) is 0.326. The largest absolute Gasteiger partial charge is 0.493 e. The molecule has 21 heavy (non-hydrogen) atoms. The molecule has 0 atom stereocenters. The Morgan fingerprint density at radius 2 is 1.76 bits per heavy atom. The molecule has 1 nitrogen and oxygen atoms in total. The van der Waals surface area contributed by atoms with Gasteiger partial charge in [0.1, 0.15) is 5.75 Å². The van der Waals surface area contributed by atoms with Crippen LogP contribution in [0.5, 0.6) is 5.75 Å². The van der Waals surface area contributed by atoms with E-state index in [0.717, 1.165) is 18.8 Å². The van der Waals surface area contributed by atoms with Crippen LogP contribution >= 0.6 is 0 Å². The third-order valence-electron chi connectivity index (χ3n) is 3.90. The van der Waals surface area contributed by atoms with Crippen LogP contribution in [0.15, 0.2) is 30.9 Å². The minimum absolute atomic E-state index is 0.727. The lowest BCUT2D eigenvalue weighted by Crippen LogP contribution is -1.98. The molecule has 1 heteroatoms. The summed E-state index contributed by atoms with van der Waals surface area (Å²) in [5.74, 6) is 1.04. The summed E-state index contributed by atoms with van der Waals surface area (Å²) in [5, 5.41) is 0. The maximum absolute atomic E-state index is 5.82. The highest BCUT2D eigenvalue weighted by atomic mass is 16.5. The molecule has 0 heterocycles. The number of unbranched alkanes of at least 4 members (excludes halogenated alkanes) is 6. The molecule has 0 spiro atoms. The second kappa shape index (κ2) is 11.4. The highest BCUT2D eigenvalue weighted by molar-refractivity contribution is 5.36. The van der Waals surface area contributed by atoms with Crippen LogP contribution in [0.3, 0.4) is 0 Å². The lowest BCUT2D eigenvalue weighted by atomic mass is 10.0. The fourth-order valence-corrected chi connectivity index (χ4v) is 2.49. The van der Waals surface area contributed by atoms with E-state index < -0.39 is 0 Å². The van der Waals surface area contributed by atoms with Crippen LogP contribution in [0.25, 0.3) is 0 Å². The van der Waals surface area contributed by atoms with Gasteiger partial charge in [0.25, 0.3) is 0 Å². The normalized spacial score (nSPS) is 10.6. The Morgan fingerprint density at radius 1 is 1.05 bits per heavy atom. The molecule has 0 aliphatic rings. The molecule has 0 radical (unpaired) electrons. The van der Waals surface area contributed by atoms with E-state index in [2.05, 4.69) is 38.6 Å². The minimum atomic E-state index is 0.727. The zero-order chi connectivity index (χ0) is 15.3. The summed E-state index contributed by atoms with van der Waals surface area (Å²) in [5.41, 5.74) is 2.63. The monoisotopic (exact) mass is 288 g/mol. The molecule has 0 saturated carbocycles. The molecule has 1 aromatic carbocycles. The SMILES string of the molecule is C=CCCOc1cc(CCCCCCCCC)ccc1C. The van der Waals surface area contributed by atoms with E-state index in [1.54, 1.807) is 0 Å².